The Morgan fingerprint density at radius 3 is 2.56 bits per heavy atom. The van der Waals surface area contributed by atoms with E-state index < -0.39 is 0 Å². The molecule has 0 saturated heterocycles. The Morgan fingerprint density at radius 1 is 1.22 bits per heavy atom. The van der Waals surface area contributed by atoms with Crippen LogP contribution in [0.15, 0.2) is 37.1 Å². The first kappa shape index (κ1) is 12.8. The predicted octanol–water partition coefficient (Wildman–Crippen LogP) is 2.02. The molecule has 2 aromatic heterocycles. The number of nitrogens with two attached hydrogens (primary N) is 1. The maximum absolute atomic E-state index is 5.88. The summed E-state index contributed by atoms with van der Waals surface area (Å²) in [7, 11) is 0. The molecule has 1 atom stereocenters. The number of hydrogen-bond donors (Lipinski definition) is 1. The van der Waals surface area contributed by atoms with Gasteiger partial charge in [0.25, 0.3) is 0 Å². The molecule has 0 aliphatic heterocycles. The molecule has 0 aliphatic rings. The van der Waals surface area contributed by atoms with Crippen molar-refractivity contribution in [2.75, 3.05) is 6.54 Å². The monoisotopic (exact) mass is 244 g/mol. The van der Waals surface area contributed by atoms with Gasteiger partial charge in [0.2, 0.25) is 0 Å². The molecular weight excluding hydrogens is 224 g/mol. The van der Waals surface area contributed by atoms with Gasteiger partial charge in [0.1, 0.15) is 0 Å². The van der Waals surface area contributed by atoms with Gasteiger partial charge in [-0.2, -0.15) is 0 Å². The van der Waals surface area contributed by atoms with Crippen LogP contribution in [0.5, 0.6) is 0 Å². The largest absolute Gasteiger partial charge is 0.330 e. The summed E-state index contributed by atoms with van der Waals surface area (Å²) in [6.07, 6.45) is 7.43. The van der Waals surface area contributed by atoms with Gasteiger partial charge in [0.05, 0.1) is 6.33 Å². The van der Waals surface area contributed by atoms with Crippen LogP contribution in [-0.4, -0.2) is 21.1 Å². The molecule has 96 valence electrons. The average Bonchev–Trinajstić information content (AvgIpc) is 2.79. The maximum Gasteiger partial charge on any atom is 0.0951 e. The molecule has 0 bridgehead atoms. The molecular formula is C14H20N4. The third-order valence-corrected chi connectivity index (χ3v) is 3.29. The first-order valence-electron chi connectivity index (χ1n) is 6.31. The highest BCUT2D eigenvalue weighted by atomic mass is 15.0. The summed E-state index contributed by atoms with van der Waals surface area (Å²) in [5.74, 6) is 0.872. The quantitative estimate of drug-likeness (QED) is 0.875. The van der Waals surface area contributed by atoms with E-state index in [9.17, 15) is 0 Å². The van der Waals surface area contributed by atoms with Crippen molar-refractivity contribution in [3.63, 3.8) is 0 Å². The van der Waals surface area contributed by atoms with Crippen molar-refractivity contribution in [1.82, 2.24) is 14.5 Å². The average molecular weight is 244 g/mol. The van der Waals surface area contributed by atoms with E-state index in [1.54, 1.807) is 0 Å². The van der Waals surface area contributed by atoms with Crippen LogP contribution in [0, 0.1) is 5.92 Å². The first-order chi connectivity index (χ1) is 8.72. The fraction of sp³-hybridized carbons (Fsp3) is 0.429. The van der Waals surface area contributed by atoms with Crippen LogP contribution in [-0.2, 0) is 6.54 Å². The SMILES string of the molecule is CC(C)C(CN)c1cncn1Cc1ccncc1. The molecule has 4 heteroatoms. The third-order valence-electron chi connectivity index (χ3n) is 3.29. The highest BCUT2D eigenvalue weighted by Crippen LogP contribution is 2.23. The molecule has 18 heavy (non-hydrogen) atoms. The minimum atomic E-state index is 0.356. The topological polar surface area (TPSA) is 56.7 Å². The molecule has 2 heterocycles. The summed E-state index contributed by atoms with van der Waals surface area (Å²) in [6, 6.07) is 4.05. The molecule has 0 radical (unpaired) electrons. The van der Waals surface area contributed by atoms with Gasteiger partial charge in [-0.15, -0.1) is 0 Å². The molecule has 1 unspecified atom stereocenters. The first-order valence-corrected chi connectivity index (χ1v) is 6.31. The van der Waals surface area contributed by atoms with Crippen LogP contribution in [0.4, 0.5) is 0 Å². The summed E-state index contributed by atoms with van der Waals surface area (Å²) in [5.41, 5.74) is 8.31. The molecule has 0 fully saturated rings. The Labute approximate surface area is 108 Å². The van der Waals surface area contributed by atoms with Gasteiger partial charge < -0.3 is 10.3 Å². The van der Waals surface area contributed by atoms with E-state index in [2.05, 4.69) is 28.4 Å². The number of aromatic nitrogens is 3. The highest BCUT2D eigenvalue weighted by Gasteiger charge is 2.18. The second-order valence-corrected chi connectivity index (χ2v) is 4.89. The maximum atomic E-state index is 5.88. The van der Waals surface area contributed by atoms with Crippen LogP contribution >= 0.6 is 0 Å². The zero-order valence-electron chi connectivity index (χ0n) is 11.0. The number of hydrogen-bond acceptors (Lipinski definition) is 3. The van der Waals surface area contributed by atoms with Crippen molar-refractivity contribution in [2.24, 2.45) is 11.7 Å². The van der Waals surface area contributed by atoms with Crippen molar-refractivity contribution >= 4 is 0 Å². The number of imidazole rings is 1. The molecule has 0 amide bonds. The van der Waals surface area contributed by atoms with Gasteiger partial charge in [0.15, 0.2) is 0 Å². The second-order valence-electron chi connectivity index (χ2n) is 4.89. The molecule has 0 aromatic carbocycles. The predicted molar refractivity (Wildman–Crippen MR) is 72.2 cm³/mol. The van der Waals surface area contributed by atoms with Gasteiger partial charge in [0, 0.05) is 43.3 Å². The fourth-order valence-corrected chi connectivity index (χ4v) is 2.19. The van der Waals surface area contributed by atoms with Gasteiger partial charge in [-0.1, -0.05) is 13.8 Å². The Balaban J connectivity index is 2.22. The third kappa shape index (κ3) is 2.76. The van der Waals surface area contributed by atoms with Crippen LogP contribution in [0.2, 0.25) is 0 Å². The van der Waals surface area contributed by atoms with Crippen molar-refractivity contribution in [3.05, 3.63) is 48.3 Å². The van der Waals surface area contributed by atoms with E-state index in [4.69, 9.17) is 5.73 Å². The lowest BCUT2D eigenvalue weighted by atomic mass is 9.93. The molecule has 2 N–H and O–H groups in total. The van der Waals surface area contributed by atoms with Crippen LogP contribution in [0.25, 0.3) is 0 Å². The lowest BCUT2D eigenvalue weighted by Crippen LogP contribution is -2.21. The lowest BCUT2D eigenvalue weighted by Gasteiger charge is -2.20. The Kier molecular flexibility index (Phi) is 4.10. The zero-order chi connectivity index (χ0) is 13.0. The molecule has 2 aromatic rings. The van der Waals surface area contributed by atoms with Crippen LogP contribution in [0.3, 0.4) is 0 Å². The van der Waals surface area contributed by atoms with E-state index in [0.717, 1.165) is 6.54 Å². The standard InChI is InChI=1S/C14H20N4/c1-11(2)13(7-15)14-8-17-10-18(14)9-12-3-5-16-6-4-12/h3-6,8,10-11,13H,7,9,15H2,1-2H3. The van der Waals surface area contributed by atoms with Crippen molar-refractivity contribution < 1.29 is 0 Å². The van der Waals surface area contributed by atoms with Crippen LogP contribution in [0.1, 0.15) is 31.0 Å². The Bertz CT molecular complexity index is 476. The lowest BCUT2D eigenvalue weighted by molar-refractivity contribution is 0.478. The molecule has 0 aliphatic carbocycles. The summed E-state index contributed by atoms with van der Waals surface area (Å²) in [4.78, 5) is 8.29. The number of nitrogens with zero attached hydrogens (tertiary/aromatic N) is 3. The highest BCUT2D eigenvalue weighted by molar-refractivity contribution is 5.14. The van der Waals surface area contributed by atoms with E-state index in [0.29, 0.717) is 18.4 Å². The number of pyridine rings is 1. The van der Waals surface area contributed by atoms with E-state index in [1.165, 1.54) is 11.3 Å². The van der Waals surface area contributed by atoms with Crippen molar-refractivity contribution in [3.8, 4) is 0 Å². The minimum Gasteiger partial charge on any atom is -0.330 e. The normalized spacial score (nSPS) is 12.9. The van der Waals surface area contributed by atoms with Gasteiger partial charge >= 0.3 is 0 Å². The Hall–Kier alpha value is -1.68. The van der Waals surface area contributed by atoms with E-state index in [1.807, 2.05) is 37.1 Å². The molecule has 0 spiro atoms. The van der Waals surface area contributed by atoms with Crippen molar-refractivity contribution in [2.45, 2.75) is 26.3 Å². The van der Waals surface area contributed by atoms with Gasteiger partial charge in [-0.25, -0.2) is 4.98 Å². The second kappa shape index (κ2) is 5.78. The minimum absolute atomic E-state index is 0.356. The summed E-state index contributed by atoms with van der Waals surface area (Å²) < 4.78 is 2.17. The molecule has 0 saturated carbocycles. The van der Waals surface area contributed by atoms with Crippen LogP contribution < -0.4 is 5.73 Å². The van der Waals surface area contributed by atoms with E-state index >= 15 is 0 Å². The smallest absolute Gasteiger partial charge is 0.0951 e. The summed E-state index contributed by atoms with van der Waals surface area (Å²) in [6.45, 7) is 5.86. The van der Waals surface area contributed by atoms with Gasteiger partial charge in [-0.05, 0) is 23.6 Å². The molecule has 2 rings (SSSR count). The van der Waals surface area contributed by atoms with Crippen molar-refractivity contribution in [1.29, 1.82) is 0 Å². The van der Waals surface area contributed by atoms with E-state index in [-0.39, 0.29) is 0 Å². The summed E-state index contributed by atoms with van der Waals surface area (Å²) in [5, 5.41) is 0. The fourth-order valence-electron chi connectivity index (χ4n) is 2.19. The number of rotatable bonds is 5. The van der Waals surface area contributed by atoms with Gasteiger partial charge in [-0.3, -0.25) is 4.98 Å². The Morgan fingerprint density at radius 2 is 1.94 bits per heavy atom. The summed E-state index contributed by atoms with van der Waals surface area (Å²) >= 11 is 0. The zero-order valence-corrected chi connectivity index (χ0v) is 11.0. The molecule has 4 nitrogen and oxygen atoms in total.